The zero-order valence-electron chi connectivity index (χ0n) is 21.1. The number of nitrogens with zero attached hydrogens (tertiary/aromatic N) is 1. The van der Waals surface area contributed by atoms with Crippen molar-refractivity contribution in [2.45, 2.75) is 63.4 Å². The highest BCUT2D eigenvalue weighted by Crippen LogP contribution is 2.22. The molecular weight excluding hydrogens is 464 g/mol. The van der Waals surface area contributed by atoms with Gasteiger partial charge in [0.1, 0.15) is 6.04 Å². The highest BCUT2D eigenvalue weighted by Gasteiger charge is 2.32. The Hall–Kier alpha value is -3.05. The largest absolute Gasteiger partial charge is 0.352 e. The fourth-order valence-corrected chi connectivity index (χ4v) is 5.68. The molecule has 3 aromatic rings. The maximum Gasteiger partial charge on any atom is 0.243 e. The Morgan fingerprint density at radius 1 is 0.889 bits per heavy atom. The summed E-state index contributed by atoms with van der Waals surface area (Å²) in [4.78, 5) is 29.3. The molecule has 188 valence electrons. The summed E-state index contributed by atoms with van der Waals surface area (Å²) in [6.45, 7) is 2.49. The molecule has 1 atom stereocenters. The number of nitrogens with one attached hydrogen (secondary N) is 1. The molecule has 3 aromatic carbocycles. The zero-order chi connectivity index (χ0) is 25.2. The van der Waals surface area contributed by atoms with Crippen molar-refractivity contribution < 1.29 is 9.59 Å². The molecule has 36 heavy (non-hydrogen) atoms. The molecule has 0 bridgehead atoms. The van der Waals surface area contributed by atoms with Crippen molar-refractivity contribution in [1.29, 1.82) is 0 Å². The van der Waals surface area contributed by atoms with Gasteiger partial charge in [0.25, 0.3) is 0 Å². The molecule has 4 nitrogen and oxygen atoms in total. The van der Waals surface area contributed by atoms with Gasteiger partial charge >= 0.3 is 0 Å². The molecular formula is C31H36N2O2S. The predicted molar refractivity (Wildman–Crippen MR) is 149 cm³/mol. The highest BCUT2D eigenvalue weighted by atomic mass is 32.2. The van der Waals surface area contributed by atoms with Crippen molar-refractivity contribution >= 4 is 23.6 Å². The Balaban J connectivity index is 1.57. The van der Waals surface area contributed by atoms with Gasteiger partial charge in [-0.15, -0.1) is 11.8 Å². The lowest BCUT2D eigenvalue weighted by Gasteiger charge is -2.32. The van der Waals surface area contributed by atoms with E-state index >= 15 is 0 Å². The maximum absolute atomic E-state index is 13.7. The number of hydrogen-bond donors (Lipinski definition) is 1. The summed E-state index contributed by atoms with van der Waals surface area (Å²) in [5.74, 6) is 1.06. The molecule has 2 amide bonds. The van der Waals surface area contributed by atoms with E-state index in [1.165, 1.54) is 5.56 Å². The normalized spacial score (nSPS) is 14.4. The summed E-state index contributed by atoms with van der Waals surface area (Å²) in [5, 5.41) is 3.28. The van der Waals surface area contributed by atoms with E-state index in [4.69, 9.17) is 0 Å². The van der Waals surface area contributed by atoms with Gasteiger partial charge in [-0.25, -0.2) is 0 Å². The summed E-state index contributed by atoms with van der Waals surface area (Å²) in [5.41, 5.74) is 4.46. The monoisotopic (exact) mass is 500 g/mol. The van der Waals surface area contributed by atoms with Crippen LogP contribution in [0.25, 0.3) is 0 Å². The van der Waals surface area contributed by atoms with Gasteiger partial charge in [0.2, 0.25) is 11.8 Å². The molecule has 1 saturated carbocycles. The first-order valence-electron chi connectivity index (χ1n) is 12.9. The molecule has 5 heteroatoms. The van der Waals surface area contributed by atoms with Gasteiger partial charge in [-0.3, -0.25) is 9.59 Å². The average Bonchev–Trinajstić information content (AvgIpc) is 3.41. The molecule has 1 aliphatic carbocycles. The molecule has 0 heterocycles. The first kappa shape index (κ1) is 26.0. The fraction of sp³-hybridized carbons (Fsp3) is 0.355. The summed E-state index contributed by atoms with van der Waals surface area (Å²) < 4.78 is 0. The molecule has 1 N–H and O–H groups in total. The number of aryl methyl sites for hydroxylation is 1. The highest BCUT2D eigenvalue weighted by molar-refractivity contribution is 7.99. The van der Waals surface area contributed by atoms with Gasteiger partial charge in [0.15, 0.2) is 0 Å². The third-order valence-corrected chi connectivity index (χ3v) is 7.90. The SMILES string of the molecule is Cc1ccccc1CN(C(=O)CSCc1ccccc1)[C@H](Cc1ccccc1)C(=O)NC1CCCC1. The van der Waals surface area contributed by atoms with Crippen LogP contribution in [-0.2, 0) is 28.3 Å². The number of amides is 2. The number of rotatable bonds is 11. The first-order chi connectivity index (χ1) is 17.6. The van der Waals surface area contributed by atoms with Crippen LogP contribution in [-0.4, -0.2) is 34.6 Å². The molecule has 1 fully saturated rings. The topological polar surface area (TPSA) is 49.4 Å². The van der Waals surface area contributed by atoms with E-state index in [9.17, 15) is 9.59 Å². The van der Waals surface area contributed by atoms with Crippen molar-refractivity contribution in [2.24, 2.45) is 0 Å². The van der Waals surface area contributed by atoms with E-state index in [0.29, 0.717) is 18.7 Å². The smallest absolute Gasteiger partial charge is 0.243 e. The lowest BCUT2D eigenvalue weighted by atomic mass is 10.0. The second-order valence-corrected chi connectivity index (χ2v) is 10.6. The second-order valence-electron chi connectivity index (χ2n) is 9.62. The maximum atomic E-state index is 13.7. The third-order valence-electron chi connectivity index (χ3n) is 6.91. The Labute approximate surface area is 219 Å². The molecule has 0 aliphatic heterocycles. The number of benzene rings is 3. The van der Waals surface area contributed by atoms with Crippen LogP contribution in [0.5, 0.6) is 0 Å². The summed E-state index contributed by atoms with van der Waals surface area (Å²) in [7, 11) is 0. The Morgan fingerprint density at radius 3 is 2.17 bits per heavy atom. The molecule has 4 rings (SSSR count). The van der Waals surface area contributed by atoms with E-state index in [-0.39, 0.29) is 17.9 Å². The molecule has 0 unspecified atom stereocenters. The van der Waals surface area contributed by atoms with Gasteiger partial charge in [-0.2, -0.15) is 0 Å². The Morgan fingerprint density at radius 2 is 1.50 bits per heavy atom. The summed E-state index contributed by atoms with van der Waals surface area (Å²) >= 11 is 1.60. The van der Waals surface area contributed by atoms with Crippen molar-refractivity contribution in [3.05, 3.63) is 107 Å². The Bertz CT molecular complexity index is 1110. The minimum absolute atomic E-state index is 0.00156. The van der Waals surface area contributed by atoms with Gasteiger partial charge in [0.05, 0.1) is 5.75 Å². The molecule has 0 radical (unpaired) electrons. The minimum Gasteiger partial charge on any atom is -0.352 e. The molecule has 0 spiro atoms. The lowest BCUT2D eigenvalue weighted by Crippen LogP contribution is -2.52. The van der Waals surface area contributed by atoms with Crippen molar-refractivity contribution in [1.82, 2.24) is 10.2 Å². The fourth-order valence-electron chi connectivity index (χ4n) is 4.81. The van der Waals surface area contributed by atoms with E-state index in [0.717, 1.165) is 48.1 Å². The van der Waals surface area contributed by atoms with Crippen molar-refractivity contribution in [3.63, 3.8) is 0 Å². The number of carbonyl (C=O) groups is 2. The molecule has 0 aromatic heterocycles. The van der Waals surface area contributed by atoms with Gasteiger partial charge in [-0.1, -0.05) is 97.8 Å². The quantitative estimate of drug-likeness (QED) is 0.355. The van der Waals surface area contributed by atoms with Crippen LogP contribution in [0.2, 0.25) is 0 Å². The summed E-state index contributed by atoms with van der Waals surface area (Å²) in [6, 6.07) is 28.0. The Kier molecular flexibility index (Phi) is 9.62. The standard InChI is InChI=1S/C31H36N2O2S/c1-24-12-8-9-17-27(24)21-33(30(34)23-36-22-26-15-6-3-7-16-26)29(20-25-13-4-2-5-14-25)31(35)32-28-18-10-11-19-28/h2-9,12-17,28-29H,10-11,18-23H2,1H3,(H,32,35)/t29-/m1/s1. The van der Waals surface area contributed by atoms with E-state index in [1.807, 2.05) is 65.6 Å². The van der Waals surface area contributed by atoms with Crippen molar-refractivity contribution in [2.75, 3.05) is 5.75 Å². The lowest BCUT2D eigenvalue weighted by molar-refractivity contribution is -0.139. The van der Waals surface area contributed by atoms with E-state index in [1.54, 1.807) is 11.8 Å². The van der Waals surface area contributed by atoms with Crippen LogP contribution in [0.15, 0.2) is 84.9 Å². The summed E-state index contributed by atoms with van der Waals surface area (Å²) in [6.07, 6.45) is 4.83. The van der Waals surface area contributed by atoms with Gasteiger partial charge in [0, 0.05) is 24.8 Å². The van der Waals surface area contributed by atoms with Crippen LogP contribution in [0.4, 0.5) is 0 Å². The molecule has 0 saturated heterocycles. The number of thioether (sulfide) groups is 1. The minimum atomic E-state index is -0.558. The van der Waals surface area contributed by atoms with Gasteiger partial charge < -0.3 is 10.2 Å². The van der Waals surface area contributed by atoms with Crippen LogP contribution in [0, 0.1) is 6.92 Å². The number of hydrogen-bond acceptors (Lipinski definition) is 3. The number of carbonyl (C=O) groups excluding carboxylic acids is 2. The zero-order valence-corrected chi connectivity index (χ0v) is 21.9. The third kappa shape index (κ3) is 7.47. The average molecular weight is 501 g/mol. The van der Waals surface area contributed by atoms with Crippen LogP contribution in [0.1, 0.15) is 47.9 Å². The van der Waals surface area contributed by atoms with E-state index < -0.39 is 6.04 Å². The van der Waals surface area contributed by atoms with Crippen LogP contribution in [0.3, 0.4) is 0 Å². The predicted octanol–water partition coefficient (Wildman–Crippen LogP) is 5.93. The van der Waals surface area contributed by atoms with E-state index in [2.05, 4.69) is 36.5 Å². The van der Waals surface area contributed by atoms with Crippen LogP contribution >= 0.6 is 11.8 Å². The van der Waals surface area contributed by atoms with Gasteiger partial charge in [-0.05, 0) is 42.0 Å². The molecule has 1 aliphatic rings. The second kappa shape index (κ2) is 13.3. The van der Waals surface area contributed by atoms with Crippen LogP contribution < -0.4 is 5.32 Å². The first-order valence-corrected chi connectivity index (χ1v) is 14.1. The van der Waals surface area contributed by atoms with Crippen molar-refractivity contribution in [3.8, 4) is 0 Å².